The summed E-state index contributed by atoms with van der Waals surface area (Å²) in [6, 6.07) is 12.8. The number of halogens is 1. The molecule has 2 aromatic rings. The first-order chi connectivity index (χ1) is 8.66. The Labute approximate surface area is 117 Å². The minimum atomic E-state index is 0.319. The molecule has 0 aliphatic heterocycles. The highest BCUT2D eigenvalue weighted by Crippen LogP contribution is 2.17. The van der Waals surface area contributed by atoms with Gasteiger partial charge in [0.15, 0.2) is 0 Å². The Morgan fingerprint density at radius 3 is 2.61 bits per heavy atom. The number of nitrogens with one attached hydrogen (secondary N) is 1. The van der Waals surface area contributed by atoms with Crippen molar-refractivity contribution in [3.8, 4) is 0 Å². The predicted molar refractivity (Wildman–Crippen MR) is 78.4 cm³/mol. The molecule has 0 fully saturated rings. The van der Waals surface area contributed by atoms with Crippen LogP contribution in [0.5, 0.6) is 0 Å². The van der Waals surface area contributed by atoms with E-state index in [2.05, 4.69) is 70.4 Å². The zero-order valence-electron chi connectivity index (χ0n) is 10.7. The van der Waals surface area contributed by atoms with Crippen LogP contribution in [0.15, 0.2) is 47.1 Å². The Morgan fingerprint density at radius 1 is 1.22 bits per heavy atom. The van der Waals surface area contributed by atoms with E-state index < -0.39 is 0 Å². The minimum absolute atomic E-state index is 0.319. The lowest BCUT2D eigenvalue weighted by atomic mass is 10.1. The van der Waals surface area contributed by atoms with Crippen LogP contribution in [0.1, 0.15) is 29.8 Å². The van der Waals surface area contributed by atoms with Gasteiger partial charge in [0.25, 0.3) is 0 Å². The summed E-state index contributed by atoms with van der Waals surface area (Å²) in [6.45, 7) is 5.06. The number of aromatic nitrogens is 1. The summed E-state index contributed by atoms with van der Waals surface area (Å²) in [7, 11) is 0. The second-order valence-corrected chi connectivity index (χ2v) is 5.34. The highest BCUT2D eigenvalue weighted by molar-refractivity contribution is 9.10. The van der Waals surface area contributed by atoms with Crippen molar-refractivity contribution in [2.75, 3.05) is 0 Å². The van der Waals surface area contributed by atoms with Crippen molar-refractivity contribution in [2.24, 2.45) is 0 Å². The van der Waals surface area contributed by atoms with Crippen molar-refractivity contribution in [3.63, 3.8) is 0 Å². The highest BCUT2D eigenvalue weighted by Gasteiger charge is 2.06. The van der Waals surface area contributed by atoms with E-state index in [-0.39, 0.29) is 0 Å². The summed E-state index contributed by atoms with van der Waals surface area (Å²) in [5.74, 6) is 0. The normalized spacial score (nSPS) is 12.4. The van der Waals surface area contributed by atoms with Gasteiger partial charge in [0.1, 0.15) is 0 Å². The maximum absolute atomic E-state index is 4.39. The molecule has 0 amide bonds. The lowest BCUT2D eigenvalue weighted by Gasteiger charge is -2.14. The van der Waals surface area contributed by atoms with Crippen molar-refractivity contribution in [1.82, 2.24) is 10.3 Å². The lowest BCUT2D eigenvalue weighted by molar-refractivity contribution is 0.566. The third-order valence-corrected chi connectivity index (χ3v) is 3.59. The van der Waals surface area contributed by atoms with E-state index in [1.807, 2.05) is 12.3 Å². The third-order valence-electron chi connectivity index (χ3n) is 3.06. The number of rotatable bonds is 4. The van der Waals surface area contributed by atoms with Crippen LogP contribution in [-0.4, -0.2) is 4.98 Å². The minimum Gasteiger partial charge on any atom is -0.305 e. The van der Waals surface area contributed by atoms with E-state index in [4.69, 9.17) is 0 Å². The number of aryl methyl sites for hydroxylation is 1. The predicted octanol–water partition coefficient (Wildman–Crippen LogP) is 4.00. The van der Waals surface area contributed by atoms with Gasteiger partial charge in [-0.2, -0.15) is 0 Å². The summed E-state index contributed by atoms with van der Waals surface area (Å²) in [4.78, 5) is 4.39. The van der Waals surface area contributed by atoms with Crippen LogP contribution < -0.4 is 5.32 Å². The monoisotopic (exact) mass is 304 g/mol. The molecule has 0 spiro atoms. The van der Waals surface area contributed by atoms with E-state index in [0.717, 1.165) is 16.7 Å². The number of pyridine rings is 1. The fraction of sp³-hybridized carbons (Fsp3) is 0.267. The zero-order chi connectivity index (χ0) is 13.0. The van der Waals surface area contributed by atoms with Crippen LogP contribution in [0.2, 0.25) is 0 Å². The van der Waals surface area contributed by atoms with Gasteiger partial charge in [-0.25, -0.2) is 0 Å². The fourth-order valence-corrected chi connectivity index (χ4v) is 2.09. The van der Waals surface area contributed by atoms with Gasteiger partial charge in [-0.05, 0) is 43.2 Å². The molecule has 0 aliphatic carbocycles. The van der Waals surface area contributed by atoms with Crippen molar-refractivity contribution in [2.45, 2.75) is 26.4 Å². The van der Waals surface area contributed by atoms with Gasteiger partial charge < -0.3 is 5.32 Å². The first-order valence-corrected chi connectivity index (χ1v) is 6.85. The zero-order valence-corrected chi connectivity index (χ0v) is 12.2. The molecule has 0 aliphatic rings. The summed E-state index contributed by atoms with van der Waals surface area (Å²) >= 11 is 3.45. The first kappa shape index (κ1) is 13.2. The standard InChI is InChI=1S/C15H17BrN2/c1-11-4-3-9-17-15(11)10-18-12(2)13-5-7-14(16)8-6-13/h3-9,12,18H,10H2,1-2H3. The van der Waals surface area contributed by atoms with Crippen LogP contribution in [-0.2, 0) is 6.54 Å². The molecule has 1 aromatic carbocycles. The lowest BCUT2D eigenvalue weighted by Crippen LogP contribution is -2.19. The summed E-state index contributed by atoms with van der Waals surface area (Å²) < 4.78 is 1.11. The fourth-order valence-electron chi connectivity index (χ4n) is 1.82. The van der Waals surface area contributed by atoms with Crippen LogP contribution in [0.4, 0.5) is 0 Å². The van der Waals surface area contributed by atoms with Gasteiger partial charge >= 0.3 is 0 Å². The molecule has 1 heterocycles. The average molecular weight is 305 g/mol. The Bertz CT molecular complexity index is 508. The molecular formula is C15H17BrN2. The molecule has 1 N–H and O–H groups in total. The second kappa shape index (κ2) is 6.12. The summed E-state index contributed by atoms with van der Waals surface area (Å²) in [5, 5.41) is 3.50. The van der Waals surface area contributed by atoms with Crippen molar-refractivity contribution >= 4 is 15.9 Å². The Kier molecular flexibility index (Phi) is 4.50. The third kappa shape index (κ3) is 3.40. The second-order valence-electron chi connectivity index (χ2n) is 4.42. The number of nitrogens with zero attached hydrogens (tertiary/aromatic N) is 1. The molecule has 2 rings (SSSR count). The maximum atomic E-state index is 4.39. The Morgan fingerprint density at radius 2 is 1.94 bits per heavy atom. The molecule has 2 nitrogen and oxygen atoms in total. The molecule has 0 radical (unpaired) electrons. The smallest absolute Gasteiger partial charge is 0.0570 e. The highest BCUT2D eigenvalue weighted by atomic mass is 79.9. The van der Waals surface area contributed by atoms with E-state index >= 15 is 0 Å². The molecule has 0 saturated heterocycles. The van der Waals surface area contributed by atoms with Gasteiger partial charge in [0, 0.05) is 23.3 Å². The number of hydrogen-bond acceptors (Lipinski definition) is 2. The molecular weight excluding hydrogens is 288 g/mol. The van der Waals surface area contributed by atoms with Crippen LogP contribution in [0.25, 0.3) is 0 Å². The van der Waals surface area contributed by atoms with Crippen LogP contribution in [0.3, 0.4) is 0 Å². The van der Waals surface area contributed by atoms with Gasteiger partial charge in [-0.1, -0.05) is 34.1 Å². The molecule has 1 aromatic heterocycles. The molecule has 0 saturated carbocycles. The maximum Gasteiger partial charge on any atom is 0.0570 e. The summed E-state index contributed by atoms with van der Waals surface area (Å²) in [5.41, 5.74) is 3.63. The van der Waals surface area contributed by atoms with E-state index in [0.29, 0.717) is 6.04 Å². The molecule has 1 atom stereocenters. The van der Waals surface area contributed by atoms with E-state index in [1.165, 1.54) is 11.1 Å². The molecule has 1 unspecified atom stereocenters. The molecule has 3 heteroatoms. The van der Waals surface area contributed by atoms with Crippen molar-refractivity contribution < 1.29 is 0 Å². The Hall–Kier alpha value is -1.19. The van der Waals surface area contributed by atoms with Crippen LogP contribution in [0, 0.1) is 6.92 Å². The quantitative estimate of drug-likeness (QED) is 0.923. The van der Waals surface area contributed by atoms with Gasteiger partial charge in [-0.15, -0.1) is 0 Å². The number of benzene rings is 1. The number of hydrogen-bond donors (Lipinski definition) is 1. The van der Waals surface area contributed by atoms with Gasteiger partial charge in [-0.3, -0.25) is 4.98 Å². The molecule has 18 heavy (non-hydrogen) atoms. The SMILES string of the molecule is Cc1cccnc1CNC(C)c1ccc(Br)cc1. The molecule has 0 bridgehead atoms. The topological polar surface area (TPSA) is 24.9 Å². The van der Waals surface area contributed by atoms with Gasteiger partial charge in [0.2, 0.25) is 0 Å². The van der Waals surface area contributed by atoms with E-state index in [1.54, 1.807) is 0 Å². The average Bonchev–Trinajstić information content (AvgIpc) is 2.38. The van der Waals surface area contributed by atoms with Crippen LogP contribution >= 0.6 is 15.9 Å². The summed E-state index contributed by atoms with van der Waals surface area (Å²) in [6.07, 6.45) is 1.84. The van der Waals surface area contributed by atoms with Crippen molar-refractivity contribution in [1.29, 1.82) is 0 Å². The Balaban J connectivity index is 1.98. The van der Waals surface area contributed by atoms with E-state index in [9.17, 15) is 0 Å². The first-order valence-electron chi connectivity index (χ1n) is 6.06. The largest absolute Gasteiger partial charge is 0.305 e. The van der Waals surface area contributed by atoms with Crippen molar-refractivity contribution in [3.05, 3.63) is 63.9 Å². The van der Waals surface area contributed by atoms with Gasteiger partial charge in [0.05, 0.1) is 5.69 Å². The molecule has 94 valence electrons.